The third kappa shape index (κ3) is 3.24. The highest BCUT2D eigenvalue weighted by Gasteiger charge is 2.05. The van der Waals surface area contributed by atoms with Crippen molar-refractivity contribution in [2.45, 2.75) is 6.61 Å². The third-order valence-electron chi connectivity index (χ3n) is 1.61. The van der Waals surface area contributed by atoms with Gasteiger partial charge in [-0.3, -0.25) is 15.3 Å². The molecule has 0 atom stereocenters. The third-order valence-corrected chi connectivity index (χ3v) is 1.61. The van der Waals surface area contributed by atoms with Crippen molar-refractivity contribution in [3.8, 4) is 0 Å². The Morgan fingerprint density at radius 3 is 2.53 bits per heavy atom. The summed E-state index contributed by atoms with van der Waals surface area (Å²) in [7, 11) is 0. The number of benzene rings is 1. The molecule has 0 fully saturated rings. The molecule has 0 heterocycles. The molecule has 2 N–H and O–H groups in total. The molecule has 0 spiro atoms. The van der Waals surface area contributed by atoms with Crippen LogP contribution in [-0.4, -0.2) is 16.2 Å². The average molecular weight is 212 g/mol. The number of nitro benzene ring substituents is 1. The predicted molar refractivity (Wildman–Crippen MR) is 48.2 cm³/mol. The van der Waals surface area contributed by atoms with Gasteiger partial charge in [0.1, 0.15) is 6.61 Å². The van der Waals surface area contributed by atoms with Crippen molar-refractivity contribution < 1.29 is 19.7 Å². The molecule has 0 aliphatic rings. The SMILES string of the molecule is O=C(NO)OCc1ccc([N+](=O)[O-])cc1. The number of nitrogens with zero attached hydrogens (tertiary/aromatic N) is 1. The second kappa shape index (κ2) is 4.91. The number of carbonyl (C=O) groups is 1. The second-order valence-electron chi connectivity index (χ2n) is 2.61. The molecule has 0 radical (unpaired) electrons. The fourth-order valence-corrected chi connectivity index (χ4v) is 0.895. The van der Waals surface area contributed by atoms with Crippen LogP contribution in [0.3, 0.4) is 0 Å². The van der Waals surface area contributed by atoms with Crippen LogP contribution in [0.4, 0.5) is 10.5 Å². The van der Waals surface area contributed by atoms with E-state index >= 15 is 0 Å². The summed E-state index contributed by atoms with van der Waals surface area (Å²) in [6.45, 7) is -0.0651. The molecule has 7 nitrogen and oxygen atoms in total. The number of nitro groups is 1. The standard InChI is InChI=1S/C8H8N2O5/c11-8(9-12)15-5-6-1-3-7(4-2-6)10(13)14/h1-4,12H,5H2,(H,9,11). The van der Waals surface area contributed by atoms with Crippen LogP contribution in [-0.2, 0) is 11.3 Å². The number of non-ortho nitro benzene ring substituents is 1. The van der Waals surface area contributed by atoms with E-state index in [4.69, 9.17) is 5.21 Å². The molecule has 0 bridgehead atoms. The van der Waals surface area contributed by atoms with Crippen LogP contribution in [0.5, 0.6) is 0 Å². The average Bonchev–Trinajstić information content (AvgIpc) is 2.26. The van der Waals surface area contributed by atoms with E-state index in [1.807, 2.05) is 0 Å². The largest absolute Gasteiger partial charge is 0.443 e. The van der Waals surface area contributed by atoms with Crippen molar-refractivity contribution in [1.29, 1.82) is 0 Å². The Kier molecular flexibility index (Phi) is 3.58. The lowest BCUT2D eigenvalue weighted by atomic mass is 10.2. The van der Waals surface area contributed by atoms with Gasteiger partial charge in [0.15, 0.2) is 0 Å². The molecular formula is C8H8N2O5. The summed E-state index contributed by atoms with van der Waals surface area (Å²) in [6.07, 6.45) is -0.978. The molecule has 0 saturated carbocycles. The van der Waals surface area contributed by atoms with Crippen LogP contribution in [0, 0.1) is 10.1 Å². The van der Waals surface area contributed by atoms with E-state index in [1.165, 1.54) is 29.7 Å². The van der Waals surface area contributed by atoms with Gasteiger partial charge in [-0.2, -0.15) is 0 Å². The predicted octanol–water partition coefficient (Wildman–Crippen LogP) is 1.21. The Balaban J connectivity index is 2.57. The summed E-state index contributed by atoms with van der Waals surface area (Å²) in [5.41, 5.74) is 1.85. The van der Waals surface area contributed by atoms with Crippen LogP contribution < -0.4 is 5.48 Å². The smallest absolute Gasteiger partial charge is 0.431 e. The Hall–Kier alpha value is -2.15. The molecule has 7 heteroatoms. The van der Waals surface area contributed by atoms with Crippen molar-refractivity contribution >= 4 is 11.8 Å². The maximum Gasteiger partial charge on any atom is 0.431 e. The highest BCUT2D eigenvalue weighted by atomic mass is 16.6. The molecule has 0 aliphatic heterocycles. The fraction of sp³-hybridized carbons (Fsp3) is 0.125. The topological polar surface area (TPSA) is 102 Å². The van der Waals surface area contributed by atoms with Gasteiger partial charge >= 0.3 is 6.09 Å². The van der Waals surface area contributed by atoms with Gasteiger partial charge in [-0.1, -0.05) is 0 Å². The van der Waals surface area contributed by atoms with Crippen molar-refractivity contribution in [1.82, 2.24) is 5.48 Å². The van der Waals surface area contributed by atoms with Crippen LogP contribution in [0.1, 0.15) is 5.56 Å². The number of hydrogen-bond donors (Lipinski definition) is 2. The van der Waals surface area contributed by atoms with Gasteiger partial charge in [0.2, 0.25) is 0 Å². The number of amides is 1. The zero-order valence-corrected chi connectivity index (χ0v) is 7.54. The van der Waals surface area contributed by atoms with Crippen molar-refractivity contribution in [3.63, 3.8) is 0 Å². The number of nitrogens with one attached hydrogen (secondary N) is 1. The molecule has 0 saturated heterocycles. The van der Waals surface area contributed by atoms with E-state index < -0.39 is 11.0 Å². The van der Waals surface area contributed by atoms with Gasteiger partial charge in [0.05, 0.1) is 4.92 Å². The zero-order chi connectivity index (χ0) is 11.3. The maximum absolute atomic E-state index is 10.5. The summed E-state index contributed by atoms with van der Waals surface area (Å²) in [5.74, 6) is 0. The molecule has 1 aromatic carbocycles. The minimum absolute atomic E-state index is 0.0367. The quantitative estimate of drug-likeness (QED) is 0.445. The summed E-state index contributed by atoms with van der Waals surface area (Å²) in [4.78, 5) is 20.2. The van der Waals surface area contributed by atoms with E-state index in [9.17, 15) is 14.9 Å². The second-order valence-corrected chi connectivity index (χ2v) is 2.61. The van der Waals surface area contributed by atoms with E-state index in [0.717, 1.165) is 0 Å². The van der Waals surface area contributed by atoms with Gasteiger partial charge in [-0.05, 0) is 17.7 Å². The first-order valence-electron chi connectivity index (χ1n) is 3.93. The van der Waals surface area contributed by atoms with Crippen LogP contribution >= 0.6 is 0 Å². The molecule has 15 heavy (non-hydrogen) atoms. The summed E-state index contributed by atoms with van der Waals surface area (Å²) < 4.78 is 4.51. The Morgan fingerprint density at radius 1 is 1.47 bits per heavy atom. The lowest BCUT2D eigenvalue weighted by molar-refractivity contribution is -0.384. The molecule has 1 aromatic rings. The van der Waals surface area contributed by atoms with Crippen LogP contribution in [0.25, 0.3) is 0 Å². The molecule has 80 valence electrons. The van der Waals surface area contributed by atoms with Gasteiger partial charge in [-0.15, -0.1) is 0 Å². The minimum Gasteiger partial charge on any atom is -0.443 e. The lowest BCUT2D eigenvalue weighted by Crippen LogP contribution is -2.19. The van der Waals surface area contributed by atoms with Crippen molar-refractivity contribution in [2.75, 3.05) is 0 Å². The van der Waals surface area contributed by atoms with E-state index in [0.29, 0.717) is 5.56 Å². The highest BCUT2D eigenvalue weighted by Crippen LogP contribution is 2.12. The lowest BCUT2D eigenvalue weighted by Gasteiger charge is -2.02. The summed E-state index contributed by atoms with van der Waals surface area (Å²) in [5, 5.41) is 18.4. The van der Waals surface area contributed by atoms with Gasteiger partial charge in [0, 0.05) is 12.1 Å². The molecule has 0 unspecified atom stereocenters. The van der Waals surface area contributed by atoms with Crippen molar-refractivity contribution in [3.05, 3.63) is 39.9 Å². The Morgan fingerprint density at radius 2 is 2.07 bits per heavy atom. The van der Waals surface area contributed by atoms with Gasteiger partial charge < -0.3 is 4.74 Å². The van der Waals surface area contributed by atoms with E-state index in [2.05, 4.69) is 4.74 Å². The van der Waals surface area contributed by atoms with Crippen molar-refractivity contribution in [2.24, 2.45) is 0 Å². The van der Waals surface area contributed by atoms with Crippen LogP contribution in [0.2, 0.25) is 0 Å². The summed E-state index contributed by atoms with van der Waals surface area (Å²) in [6, 6.07) is 5.52. The molecule has 1 rings (SSSR count). The number of carbonyl (C=O) groups excluding carboxylic acids is 1. The fourth-order valence-electron chi connectivity index (χ4n) is 0.895. The highest BCUT2D eigenvalue weighted by molar-refractivity contribution is 5.65. The zero-order valence-electron chi connectivity index (χ0n) is 7.54. The monoisotopic (exact) mass is 212 g/mol. The van der Waals surface area contributed by atoms with E-state index in [1.54, 1.807) is 0 Å². The molecular weight excluding hydrogens is 204 g/mol. The number of ether oxygens (including phenoxy) is 1. The van der Waals surface area contributed by atoms with Crippen LogP contribution in [0.15, 0.2) is 24.3 Å². The molecule has 0 aliphatic carbocycles. The number of hydrogen-bond acceptors (Lipinski definition) is 5. The molecule has 1 amide bonds. The van der Waals surface area contributed by atoms with Gasteiger partial charge in [0.25, 0.3) is 5.69 Å². The summed E-state index contributed by atoms with van der Waals surface area (Å²) >= 11 is 0. The maximum atomic E-state index is 10.5. The first kappa shape index (κ1) is 10.9. The van der Waals surface area contributed by atoms with E-state index in [-0.39, 0.29) is 12.3 Å². The number of hydroxylamine groups is 1. The first-order valence-corrected chi connectivity index (χ1v) is 3.93. The first-order chi connectivity index (χ1) is 7.13. The Bertz CT molecular complexity index is 362. The normalized spacial score (nSPS) is 9.40. The van der Waals surface area contributed by atoms with Gasteiger partial charge in [-0.25, -0.2) is 10.3 Å². The number of rotatable bonds is 3. The minimum atomic E-state index is -0.978. The Labute approximate surface area is 84.4 Å². The molecule has 0 aromatic heterocycles.